The summed E-state index contributed by atoms with van der Waals surface area (Å²) in [7, 11) is 0. The van der Waals surface area contributed by atoms with Gasteiger partial charge in [-0.1, -0.05) is 30.3 Å². The highest BCUT2D eigenvalue weighted by Crippen LogP contribution is 2.18. The zero-order valence-electron chi connectivity index (χ0n) is 13.0. The van der Waals surface area contributed by atoms with Gasteiger partial charge in [0, 0.05) is 26.2 Å². The molecule has 0 radical (unpaired) electrons. The summed E-state index contributed by atoms with van der Waals surface area (Å²) in [6, 6.07) is 13.6. The molecule has 0 fully saturated rings. The van der Waals surface area contributed by atoms with Crippen LogP contribution in [0.2, 0.25) is 0 Å². The summed E-state index contributed by atoms with van der Waals surface area (Å²) in [6.45, 7) is 3.93. The first kappa shape index (κ1) is 15.5. The fourth-order valence-electron chi connectivity index (χ4n) is 2.92. The molecular weight excluding hydrogens is 290 g/mol. The van der Waals surface area contributed by atoms with Crippen molar-refractivity contribution in [2.45, 2.75) is 19.4 Å². The second-order valence-corrected chi connectivity index (χ2v) is 5.79. The lowest BCUT2D eigenvalue weighted by Crippen LogP contribution is -2.32. The largest absolute Gasteiger partial charge is 0.477 e. The molecule has 0 saturated carbocycles. The second-order valence-electron chi connectivity index (χ2n) is 5.79. The average molecular weight is 311 g/mol. The Labute approximate surface area is 136 Å². The molecule has 0 amide bonds. The summed E-state index contributed by atoms with van der Waals surface area (Å²) >= 11 is 0. The zero-order chi connectivity index (χ0) is 16.1. The van der Waals surface area contributed by atoms with Crippen molar-refractivity contribution in [2.75, 3.05) is 25.0 Å². The van der Waals surface area contributed by atoms with Crippen LogP contribution in [0, 0.1) is 0 Å². The van der Waals surface area contributed by atoms with E-state index >= 15 is 0 Å². The van der Waals surface area contributed by atoms with Crippen LogP contribution >= 0.6 is 0 Å². The van der Waals surface area contributed by atoms with E-state index in [4.69, 9.17) is 5.11 Å². The quantitative estimate of drug-likeness (QED) is 0.803. The van der Waals surface area contributed by atoms with Crippen molar-refractivity contribution in [1.29, 1.82) is 0 Å². The van der Waals surface area contributed by atoms with Gasteiger partial charge in [-0.3, -0.25) is 4.90 Å². The molecule has 2 aromatic rings. The molecular formula is C18H21N3O2. The molecule has 2 heterocycles. The molecule has 5 nitrogen and oxygen atoms in total. The number of aromatic carboxylic acids is 1. The maximum absolute atomic E-state index is 10.9. The minimum absolute atomic E-state index is 0.0719. The molecule has 1 aromatic heterocycles. The van der Waals surface area contributed by atoms with Gasteiger partial charge in [0.05, 0.1) is 0 Å². The van der Waals surface area contributed by atoms with Gasteiger partial charge in [-0.2, -0.15) is 0 Å². The van der Waals surface area contributed by atoms with Crippen LogP contribution in [-0.2, 0) is 13.0 Å². The van der Waals surface area contributed by atoms with Gasteiger partial charge in [0.2, 0.25) is 0 Å². The van der Waals surface area contributed by atoms with Crippen molar-refractivity contribution in [3.05, 3.63) is 59.3 Å². The van der Waals surface area contributed by atoms with E-state index in [-0.39, 0.29) is 5.69 Å². The number of carboxylic acids is 1. The van der Waals surface area contributed by atoms with Crippen LogP contribution in [0.5, 0.6) is 0 Å². The normalized spacial score (nSPS) is 14.3. The summed E-state index contributed by atoms with van der Waals surface area (Å²) in [4.78, 5) is 17.4. The Morgan fingerprint density at radius 2 is 2.00 bits per heavy atom. The number of carbonyl (C=O) groups is 1. The molecule has 0 aliphatic carbocycles. The van der Waals surface area contributed by atoms with E-state index < -0.39 is 5.97 Å². The maximum Gasteiger partial charge on any atom is 0.354 e. The number of hydrogen-bond acceptors (Lipinski definition) is 4. The van der Waals surface area contributed by atoms with E-state index in [1.165, 1.54) is 17.2 Å². The van der Waals surface area contributed by atoms with Gasteiger partial charge in [-0.15, -0.1) is 0 Å². The van der Waals surface area contributed by atoms with Crippen LogP contribution in [0.1, 0.15) is 28.0 Å². The number of nitrogens with zero attached hydrogens (tertiary/aromatic N) is 2. The predicted octanol–water partition coefficient (Wildman–Crippen LogP) is 2.64. The third-order valence-corrected chi connectivity index (χ3v) is 4.14. The van der Waals surface area contributed by atoms with Crippen LogP contribution in [0.25, 0.3) is 0 Å². The van der Waals surface area contributed by atoms with Gasteiger partial charge < -0.3 is 10.4 Å². The lowest BCUT2D eigenvalue weighted by Gasteiger charge is -2.28. The summed E-state index contributed by atoms with van der Waals surface area (Å²) in [5.41, 5.74) is 2.97. The number of nitrogens with one attached hydrogen (secondary N) is 1. The van der Waals surface area contributed by atoms with Crippen LogP contribution < -0.4 is 5.32 Å². The third-order valence-electron chi connectivity index (χ3n) is 4.14. The number of pyridine rings is 1. The maximum atomic E-state index is 10.9. The Morgan fingerprint density at radius 3 is 2.83 bits per heavy atom. The molecule has 2 N–H and O–H groups in total. The predicted molar refractivity (Wildman–Crippen MR) is 89.7 cm³/mol. The Kier molecular flexibility index (Phi) is 4.88. The summed E-state index contributed by atoms with van der Waals surface area (Å²) in [5.74, 6) is -0.380. The van der Waals surface area contributed by atoms with Crippen molar-refractivity contribution in [1.82, 2.24) is 9.88 Å². The molecule has 0 spiro atoms. The fraction of sp³-hybridized carbons (Fsp3) is 0.333. The highest BCUT2D eigenvalue weighted by atomic mass is 16.4. The van der Waals surface area contributed by atoms with Crippen LogP contribution in [0.15, 0.2) is 42.5 Å². The van der Waals surface area contributed by atoms with Gasteiger partial charge in [0.1, 0.15) is 5.82 Å². The molecule has 0 saturated heterocycles. The van der Waals surface area contributed by atoms with Gasteiger partial charge >= 0.3 is 5.97 Å². The molecule has 0 bridgehead atoms. The number of carboxylic acid groups (broad SMARTS) is 1. The minimum atomic E-state index is -0.999. The van der Waals surface area contributed by atoms with Gasteiger partial charge in [-0.05, 0) is 36.1 Å². The van der Waals surface area contributed by atoms with Gasteiger partial charge in [0.15, 0.2) is 5.69 Å². The van der Waals surface area contributed by atoms with Crippen LogP contribution in [-0.4, -0.2) is 40.6 Å². The topological polar surface area (TPSA) is 65.5 Å². The van der Waals surface area contributed by atoms with Crippen molar-refractivity contribution in [2.24, 2.45) is 0 Å². The summed E-state index contributed by atoms with van der Waals surface area (Å²) in [5, 5.41) is 12.1. The van der Waals surface area contributed by atoms with E-state index in [2.05, 4.69) is 39.5 Å². The molecule has 3 rings (SSSR count). The molecule has 0 atom stereocenters. The van der Waals surface area contributed by atoms with E-state index in [0.29, 0.717) is 5.82 Å². The summed E-state index contributed by atoms with van der Waals surface area (Å²) in [6.07, 6.45) is 2.12. The smallest absolute Gasteiger partial charge is 0.354 e. The van der Waals surface area contributed by atoms with E-state index in [1.54, 1.807) is 12.1 Å². The molecule has 5 heteroatoms. The van der Waals surface area contributed by atoms with Crippen molar-refractivity contribution in [3.8, 4) is 0 Å². The first-order chi connectivity index (χ1) is 11.2. The first-order valence-corrected chi connectivity index (χ1v) is 7.96. The number of benzene rings is 1. The molecule has 1 aliphatic rings. The van der Waals surface area contributed by atoms with Crippen LogP contribution in [0.4, 0.5) is 5.82 Å². The number of aromatic nitrogens is 1. The van der Waals surface area contributed by atoms with E-state index in [0.717, 1.165) is 39.0 Å². The molecule has 1 aliphatic heterocycles. The average Bonchev–Trinajstić information content (AvgIpc) is 2.59. The Hall–Kier alpha value is -2.40. The lowest BCUT2D eigenvalue weighted by atomic mass is 10.00. The number of fused-ring (bicyclic) bond motifs is 1. The molecule has 0 unspecified atom stereocenters. The van der Waals surface area contributed by atoms with Gasteiger partial charge in [-0.25, -0.2) is 9.78 Å². The minimum Gasteiger partial charge on any atom is -0.477 e. The van der Waals surface area contributed by atoms with Crippen LogP contribution in [0.3, 0.4) is 0 Å². The Bertz CT molecular complexity index is 687. The standard InChI is InChI=1S/C18H21N3O2/c22-18(23)16-7-3-8-17(20-16)19-10-4-11-21-12-9-14-5-1-2-6-15(14)13-21/h1-3,5-8H,4,9-13H2,(H,19,20)(H,22,23). The molecule has 23 heavy (non-hydrogen) atoms. The second kappa shape index (κ2) is 7.24. The number of hydrogen-bond donors (Lipinski definition) is 2. The lowest BCUT2D eigenvalue weighted by molar-refractivity contribution is 0.0690. The van der Waals surface area contributed by atoms with Crippen molar-refractivity contribution >= 4 is 11.8 Å². The molecule has 1 aromatic carbocycles. The monoisotopic (exact) mass is 311 g/mol. The zero-order valence-corrected chi connectivity index (χ0v) is 13.0. The van der Waals surface area contributed by atoms with Gasteiger partial charge in [0.25, 0.3) is 0 Å². The Morgan fingerprint density at radius 1 is 1.17 bits per heavy atom. The van der Waals surface area contributed by atoms with E-state index in [1.807, 2.05) is 0 Å². The van der Waals surface area contributed by atoms with Crippen molar-refractivity contribution < 1.29 is 9.90 Å². The summed E-state index contributed by atoms with van der Waals surface area (Å²) < 4.78 is 0. The highest BCUT2D eigenvalue weighted by Gasteiger charge is 2.14. The number of anilines is 1. The fourth-order valence-corrected chi connectivity index (χ4v) is 2.92. The molecule has 120 valence electrons. The first-order valence-electron chi connectivity index (χ1n) is 7.96. The SMILES string of the molecule is O=C(O)c1cccc(NCCCN2CCc3ccccc3C2)n1. The third kappa shape index (κ3) is 4.07. The highest BCUT2D eigenvalue weighted by molar-refractivity contribution is 5.85. The van der Waals surface area contributed by atoms with Crippen molar-refractivity contribution in [3.63, 3.8) is 0 Å². The van der Waals surface area contributed by atoms with E-state index in [9.17, 15) is 4.79 Å². The Balaban J connectivity index is 1.44. The number of rotatable bonds is 6.